The molecule has 0 saturated heterocycles. The zero-order chi connectivity index (χ0) is 17.9. The molecule has 126 valence electrons. The van der Waals surface area contributed by atoms with Crippen molar-refractivity contribution in [3.05, 3.63) is 57.6 Å². The van der Waals surface area contributed by atoms with Gasteiger partial charge in [-0.15, -0.1) is 0 Å². The van der Waals surface area contributed by atoms with Gasteiger partial charge in [0.1, 0.15) is 0 Å². The van der Waals surface area contributed by atoms with E-state index in [9.17, 15) is 23.3 Å². The molecular weight excluding hydrogens is 358 g/mol. The Balaban J connectivity index is 2.43. The number of nitro benzene ring substituents is 1. The fourth-order valence-electron chi connectivity index (χ4n) is 1.90. The summed E-state index contributed by atoms with van der Waals surface area (Å²) in [6.45, 7) is 1.23. The summed E-state index contributed by atoms with van der Waals surface area (Å²) < 4.78 is 27.1. The molecule has 0 spiro atoms. The second-order valence-electron chi connectivity index (χ2n) is 4.73. The zero-order valence-electron chi connectivity index (χ0n) is 12.3. The average molecular weight is 370 g/mol. The molecule has 1 amide bonds. The van der Waals surface area contributed by atoms with Gasteiger partial charge in [0.25, 0.3) is 15.7 Å². The molecule has 0 aliphatic rings. The van der Waals surface area contributed by atoms with Crippen molar-refractivity contribution in [3.8, 4) is 0 Å². The number of hydrogen-bond donors (Lipinski definition) is 2. The monoisotopic (exact) mass is 369 g/mol. The van der Waals surface area contributed by atoms with Crippen LogP contribution >= 0.6 is 11.6 Å². The Morgan fingerprint density at radius 3 is 2.25 bits per heavy atom. The summed E-state index contributed by atoms with van der Waals surface area (Å²) in [5.41, 5.74) is -0.318. The van der Waals surface area contributed by atoms with Crippen molar-refractivity contribution >= 4 is 44.6 Å². The summed E-state index contributed by atoms with van der Waals surface area (Å²) in [7, 11) is -4.19. The summed E-state index contributed by atoms with van der Waals surface area (Å²) in [5, 5.41) is 14.0. The number of nitro groups is 1. The van der Waals surface area contributed by atoms with Crippen LogP contribution in [0.3, 0.4) is 0 Å². The lowest BCUT2D eigenvalue weighted by Gasteiger charge is -2.10. The Kier molecular flexibility index (Phi) is 5.05. The van der Waals surface area contributed by atoms with Crippen molar-refractivity contribution in [3.63, 3.8) is 0 Å². The van der Waals surface area contributed by atoms with Gasteiger partial charge in [-0.25, -0.2) is 8.42 Å². The van der Waals surface area contributed by atoms with Gasteiger partial charge in [0.2, 0.25) is 5.91 Å². The van der Waals surface area contributed by atoms with Crippen LogP contribution in [0.1, 0.15) is 6.92 Å². The highest BCUT2D eigenvalue weighted by Gasteiger charge is 2.26. The first-order valence-corrected chi connectivity index (χ1v) is 8.39. The Bertz CT molecular complexity index is 897. The zero-order valence-corrected chi connectivity index (χ0v) is 13.9. The largest absolute Gasteiger partial charge is 0.326 e. The molecule has 2 rings (SSSR count). The third-order valence-electron chi connectivity index (χ3n) is 2.86. The molecule has 0 atom stereocenters. The highest BCUT2D eigenvalue weighted by Crippen LogP contribution is 2.29. The number of amides is 1. The van der Waals surface area contributed by atoms with Crippen molar-refractivity contribution in [2.24, 2.45) is 0 Å². The van der Waals surface area contributed by atoms with Gasteiger partial charge < -0.3 is 5.32 Å². The quantitative estimate of drug-likeness (QED) is 0.620. The number of anilines is 2. The van der Waals surface area contributed by atoms with Gasteiger partial charge in [0.15, 0.2) is 4.90 Å². The highest BCUT2D eigenvalue weighted by atomic mass is 35.5. The standard InChI is InChI=1S/C14H12ClN3O5S/c1-9(19)16-12-6-7-14(13(8-12)18(20)21)24(22,23)17-11-4-2-10(15)3-5-11/h2-8,17H,1H3,(H,16,19). The molecule has 8 nitrogen and oxygen atoms in total. The molecule has 2 aromatic rings. The van der Waals surface area contributed by atoms with E-state index in [0.717, 1.165) is 12.1 Å². The minimum absolute atomic E-state index is 0.125. The van der Waals surface area contributed by atoms with Crippen LogP contribution in [0, 0.1) is 10.1 Å². The first-order valence-electron chi connectivity index (χ1n) is 6.53. The maximum absolute atomic E-state index is 12.4. The number of sulfonamides is 1. The minimum Gasteiger partial charge on any atom is -0.326 e. The maximum atomic E-state index is 12.4. The van der Waals surface area contributed by atoms with Crippen LogP contribution in [0.15, 0.2) is 47.4 Å². The second-order valence-corrected chi connectivity index (χ2v) is 6.82. The molecule has 0 saturated carbocycles. The van der Waals surface area contributed by atoms with Crippen LogP contribution in [0.2, 0.25) is 5.02 Å². The van der Waals surface area contributed by atoms with Crippen molar-refractivity contribution in [2.45, 2.75) is 11.8 Å². The van der Waals surface area contributed by atoms with E-state index in [1.807, 2.05) is 0 Å². The minimum atomic E-state index is -4.19. The molecule has 0 aliphatic heterocycles. The molecule has 0 aromatic heterocycles. The van der Waals surface area contributed by atoms with Gasteiger partial charge in [-0.1, -0.05) is 11.6 Å². The van der Waals surface area contributed by atoms with Gasteiger partial charge in [-0.2, -0.15) is 0 Å². The fraction of sp³-hybridized carbons (Fsp3) is 0.0714. The number of carbonyl (C=O) groups excluding carboxylic acids is 1. The summed E-state index contributed by atoms with van der Waals surface area (Å²) in [4.78, 5) is 20.9. The summed E-state index contributed by atoms with van der Waals surface area (Å²) >= 11 is 5.72. The molecule has 10 heteroatoms. The Labute approximate surface area is 142 Å². The maximum Gasteiger partial charge on any atom is 0.291 e. The van der Waals surface area contributed by atoms with E-state index in [1.165, 1.54) is 37.3 Å². The van der Waals surface area contributed by atoms with E-state index in [2.05, 4.69) is 10.0 Å². The summed E-state index contributed by atoms with van der Waals surface area (Å²) in [5.74, 6) is -0.431. The second kappa shape index (κ2) is 6.85. The van der Waals surface area contributed by atoms with Gasteiger partial charge in [0.05, 0.1) is 4.92 Å². The first-order chi connectivity index (χ1) is 11.2. The van der Waals surface area contributed by atoms with E-state index in [0.29, 0.717) is 5.02 Å². The van der Waals surface area contributed by atoms with Crippen molar-refractivity contribution in [1.29, 1.82) is 0 Å². The van der Waals surface area contributed by atoms with Crippen molar-refractivity contribution < 1.29 is 18.1 Å². The van der Waals surface area contributed by atoms with E-state index >= 15 is 0 Å². The molecule has 0 bridgehead atoms. The van der Waals surface area contributed by atoms with Gasteiger partial charge in [0, 0.05) is 29.4 Å². The Hall–Kier alpha value is -2.65. The number of benzene rings is 2. The summed E-state index contributed by atoms with van der Waals surface area (Å²) in [6, 6.07) is 9.13. The van der Waals surface area contributed by atoms with Gasteiger partial charge >= 0.3 is 0 Å². The number of carbonyl (C=O) groups is 1. The lowest BCUT2D eigenvalue weighted by molar-refractivity contribution is -0.387. The predicted octanol–water partition coefficient (Wildman–Crippen LogP) is 3.01. The lowest BCUT2D eigenvalue weighted by Crippen LogP contribution is -2.15. The van der Waals surface area contributed by atoms with Crippen LogP contribution in [0.4, 0.5) is 17.1 Å². The number of nitrogens with zero attached hydrogens (tertiary/aromatic N) is 1. The molecule has 0 radical (unpaired) electrons. The topological polar surface area (TPSA) is 118 Å². The van der Waals surface area contributed by atoms with E-state index < -0.39 is 31.4 Å². The first kappa shape index (κ1) is 17.7. The van der Waals surface area contributed by atoms with Crippen molar-refractivity contribution in [2.75, 3.05) is 10.0 Å². The van der Waals surface area contributed by atoms with Crippen LogP contribution in [0.5, 0.6) is 0 Å². The third kappa shape index (κ3) is 4.21. The number of hydrogen-bond acceptors (Lipinski definition) is 5. The molecular formula is C14H12ClN3O5S. The van der Waals surface area contributed by atoms with Crippen LogP contribution in [0.25, 0.3) is 0 Å². The SMILES string of the molecule is CC(=O)Nc1ccc(S(=O)(=O)Nc2ccc(Cl)cc2)c([N+](=O)[O-])c1. The molecule has 2 N–H and O–H groups in total. The van der Waals surface area contributed by atoms with Gasteiger partial charge in [-0.05, 0) is 36.4 Å². The van der Waals surface area contributed by atoms with Crippen LogP contribution in [-0.4, -0.2) is 19.2 Å². The molecule has 0 aliphatic carbocycles. The highest BCUT2D eigenvalue weighted by molar-refractivity contribution is 7.92. The predicted molar refractivity (Wildman–Crippen MR) is 89.7 cm³/mol. The van der Waals surface area contributed by atoms with Crippen LogP contribution < -0.4 is 10.0 Å². The normalized spacial score (nSPS) is 10.9. The Morgan fingerprint density at radius 2 is 1.71 bits per heavy atom. The molecule has 2 aromatic carbocycles. The molecule has 0 heterocycles. The van der Waals surface area contributed by atoms with E-state index in [4.69, 9.17) is 11.6 Å². The molecule has 0 unspecified atom stereocenters. The van der Waals surface area contributed by atoms with E-state index in [1.54, 1.807) is 0 Å². The molecule has 24 heavy (non-hydrogen) atoms. The number of halogens is 1. The third-order valence-corrected chi connectivity index (χ3v) is 4.54. The lowest BCUT2D eigenvalue weighted by atomic mass is 10.3. The summed E-state index contributed by atoms with van der Waals surface area (Å²) in [6.07, 6.45) is 0. The number of rotatable bonds is 5. The van der Waals surface area contributed by atoms with Gasteiger partial charge in [-0.3, -0.25) is 19.6 Å². The molecule has 0 fully saturated rings. The smallest absolute Gasteiger partial charge is 0.291 e. The fourth-order valence-corrected chi connectivity index (χ4v) is 3.23. The van der Waals surface area contributed by atoms with Crippen LogP contribution in [-0.2, 0) is 14.8 Å². The number of nitrogens with one attached hydrogen (secondary N) is 2. The van der Waals surface area contributed by atoms with Crippen molar-refractivity contribution in [1.82, 2.24) is 0 Å². The van der Waals surface area contributed by atoms with E-state index in [-0.39, 0.29) is 11.4 Å². The Morgan fingerprint density at radius 1 is 1.12 bits per heavy atom. The average Bonchev–Trinajstić information content (AvgIpc) is 2.48.